The van der Waals surface area contributed by atoms with Crippen LogP contribution in [0.1, 0.15) is 13.8 Å². The summed E-state index contributed by atoms with van der Waals surface area (Å²) >= 11 is 0. The van der Waals surface area contributed by atoms with E-state index in [2.05, 4.69) is 22.1 Å². The van der Waals surface area contributed by atoms with Gasteiger partial charge in [0.1, 0.15) is 0 Å². The van der Waals surface area contributed by atoms with Gasteiger partial charge < -0.3 is 14.8 Å². The molecule has 5 nitrogen and oxygen atoms in total. The quantitative estimate of drug-likeness (QED) is 0.769. The largest absolute Gasteiger partial charge is 0.349 e. The summed E-state index contributed by atoms with van der Waals surface area (Å²) in [6.45, 7) is 7.37. The van der Waals surface area contributed by atoms with Crippen molar-refractivity contribution in [3.63, 3.8) is 0 Å². The van der Waals surface area contributed by atoms with Crippen molar-refractivity contribution in [3.05, 3.63) is 22.7 Å². The second-order valence-electron chi connectivity index (χ2n) is 4.14. The highest BCUT2D eigenvalue weighted by Gasteiger charge is 2.19. The van der Waals surface area contributed by atoms with Crippen molar-refractivity contribution in [2.45, 2.75) is 26.4 Å². The van der Waals surface area contributed by atoms with Crippen molar-refractivity contribution in [2.75, 3.05) is 24.5 Å². The minimum Gasteiger partial charge on any atom is -0.349 e. The highest BCUT2D eigenvalue weighted by molar-refractivity contribution is 5.36. The first-order valence-corrected chi connectivity index (χ1v) is 5.76. The first-order chi connectivity index (χ1) is 7.72. The normalized spacial score (nSPS) is 21.1. The van der Waals surface area contributed by atoms with E-state index in [-0.39, 0.29) is 5.56 Å². The summed E-state index contributed by atoms with van der Waals surface area (Å²) < 4.78 is 1.69. The van der Waals surface area contributed by atoms with Gasteiger partial charge in [0, 0.05) is 44.6 Å². The lowest BCUT2D eigenvalue weighted by Crippen LogP contribution is -2.51. The molecule has 0 spiro atoms. The van der Waals surface area contributed by atoms with Crippen LogP contribution in [0.15, 0.2) is 17.2 Å². The average molecular weight is 222 g/mol. The Morgan fingerprint density at radius 3 is 3.12 bits per heavy atom. The van der Waals surface area contributed by atoms with Gasteiger partial charge in [0.25, 0.3) is 5.56 Å². The number of nitrogens with zero attached hydrogens (tertiary/aromatic N) is 3. The molecular formula is C11H18N4O. The number of anilines is 1. The van der Waals surface area contributed by atoms with E-state index in [1.165, 1.54) is 0 Å². The van der Waals surface area contributed by atoms with Crippen LogP contribution in [0.5, 0.6) is 0 Å². The molecule has 0 saturated carbocycles. The Hall–Kier alpha value is -1.36. The first kappa shape index (κ1) is 11.1. The van der Waals surface area contributed by atoms with E-state index in [9.17, 15) is 4.79 Å². The molecule has 5 heteroatoms. The zero-order chi connectivity index (χ0) is 11.5. The number of nitrogens with one attached hydrogen (secondary N) is 1. The third-order valence-corrected chi connectivity index (χ3v) is 2.90. The minimum absolute atomic E-state index is 0.0131. The van der Waals surface area contributed by atoms with Gasteiger partial charge in [0.15, 0.2) is 5.82 Å². The van der Waals surface area contributed by atoms with Crippen molar-refractivity contribution < 1.29 is 0 Å². The summed E-state index contributed by atoms with van der Waals surface area (Å²) in [5.41, 5.74) is 0.0131. The molecule has 16 heavy (non-hydrogen) atoms. The first-order valence-electron chi connectivity index (χ1n) is 5.76. The lowest BCUT2D eigenvalue weighted by Gasteiger charge is -2.32. The van der Waals surface area contributed by atoms with Gasteiger partial charge in [-0.1, -0.05) is 0 Å². The highest BCUT2D eigenvalue weighted by Crippen LogP contribution is 2.07. The van der Waals surface area contributed by atoms with E-state index in [0.29, 0.717) is 18.4 Å². The molecule has 1 aliphatic rings. The smallest absolute Gasteiger partial charge is 0.293 e. The van der Waals surface area contributed by atoms with Crippen LogP contribution in [0.2, 0.25) is 0 Å². The van der Waals surface area contributed by atoms with Crippen LogP contribution in [0.3, 0.4) is 0 Å². The van der Waals surface area contributed by atoms with Crippen LogP contribution >= 0.6 is 0 Å². The third-order valence-electron chi connectivity index (χ3n) is 2.90. The van der Waals surface area contributed by atoms with Gasteiger partial charge in [-0.05, 0) is 13.8 Å². The number of hydrogen-bond acceptors (Lipinski definition) is 4. The Kier molecular flexibility index (Phi) is 3.24. The number of aromatic nitrogens is 2. The van der Waals surface area contributed by atoms with Gasteiger partial charge in [0.05, 0.1) is 0 Å². The molecule has 0 bridgehead atoms. The van der Waals surface area contributed by atoms with Crippen molar-refractivity contribution >= 4 is 5.82 Å². The van der Waals surface area contributed by atoms with Gasteiger partial charge in [-0.2, -0.15) is 0 Å². The number of aryl methyl sites for hydroxylation is 1. The molecule has 0 unspecified atom stereocenters. The maximum atomic E-state index is 12.0. The predicted octanol–water partition coefficient (Wildman–Crippen LogP) is 0.0613. The van der Waals surface area contributed by atoms with Crippen LogP contribution in [-0.2, 0) is 6.54 Å². The second-order valence-corrected chi connectivity index (χ2v) is 4.14. The lowest BCUT2D eigenvalue weighted by atomic mass is 10.2. The van der Waals surface area contributed by atoms with E-state index in [1.54, 1.807) is 17.0 Å². The molecule has 1 atom stereocenters. The van der Waals surface area contributed by atoms with Crippen LogP contribution < -0.4 is 15.8 Å². The number of rotatable bonds is 2. The van der Waals surface area contributed by atoms with E-state index < -0.39 is 0 Å². The maximum absolute atomic E-state index is 12.0. The van der Waals surface area contributed by atoms with Crippen molar-refractivity contribution in [1.29, 1.82) is 0 Å². The van der Waals surface area contributed by atoms with Gasteiger partial charge in [-0.25, -0.2) is 4.98 Å². The zero-order valence-electron chi connectivity index (χ0n) is 9.81. The molecule has 1 saturated heterocycles. The lowest BCUT2D eigenvalue weighted by molar-refractivity contribution is 0.480. The van der Waals surface area contributed by atoms with Crippen molar-refractivity contribution in [1.82, 2.24) is 14.9 Å². The van der Waals surface area contributed by atoms with E-state index in [4.69, 9.17) is 0 Å². The summed E-state index contributed by atoms with van der Waals surface area (Å²) in [5.74, 6) is 0.581. The third kappa shape index (κ3) is 2.09. The Morgan fingerprint density at radius 1 is 1.62 bits per heavy atom. The number of piperazine rings is 1. The Balaban J connectivity index is 2.29. The van der Waals surface area contributed by atoms with Gasteiger partial charge in [-0.15, -0.1) is 0 Å². The SMILES string of the molecule is CCn1ccnc(N2CCN[C@H](C)C2)c1=O. The second kappa shape index (κ2) is 4.65. The van der Waals surface area contributed by atoms with Gasteiger partial charge in [0.2, 0.25) is 0 Å². The molecule has 1 aromatic heterocycles. The molecule has 1 aromatic rings. The molecule has 1 N–H and O–H groups in total. The van der Waals surface area contributed by atoms with Crippen LogP contribution in [0, 0.1) is 0 Å². The van der Waals surface area contributed by atoms with E-state index in [1.807, 2.05) is 6.92 Å². The molecule has 0 radical (unpaired) electrons. The van der Waals surface area contributed by atoms with Crippen LogP contribution in [0.4, 0.5) is 5.82 Å². The summed E-state index contributed by atoms with van der Waals surface area (Å²) in [7, 11) is 0. The Bertz CT molecular complexity index is 415. The molecule has 88 valence electrons. The van der Waals surface area contributed by atoms with Crippen molar-refractivity contribution in [2.24, 2.45) is 0 Å². The fraction of sp³-hybridized carbons (Fsp3) is 0.636. The predicted molar refractivity (Wildman–Crippen MR) is 63.8 cm³/mol. The summed E-state index contributed by atoms with van der Waals surface area (Å²) in [5, 5.41) is 3.35. The Morgan fingerprint density at radius 2 is 2.44 bits per heavy atom. The minimum atomic E-state index is 0.0131. The molecule has 1 aliphatic heterocycles. The summed E-state index contributed by atoms with van der Waals surface area (Å²) in [4.78, 5) is 18.3. The van der Waals surface area contributed by atoms with E-state index >= 15 is 0 Å². The fourth-order valence-corrected chi connectivity index (χ4v) is 2.03. The molecule has 0 aliphatic carbocycles. The standard InChI is InChI=1S/C11H18N4O/c1-3-14-6-5-13-10(11(14)16)15-7-4-12-9(2)8-15/h5-6,9,12H,3-4,7-8H2,1-2H3/t9-/m1/s1. The molecule has 0 aromatic carbocycles. The summed E-state index contributed by atoms with van der Waals surface area (Å²) in [6, 6.07) is 0.408. The van der Waals surface area contributed by atoms with Crippen molar-refractivity contribution in [3.8, 4) is 0 Å². The van der Waals surface area contributed by atoms with E-state index in [0.717, 1.165) is 19.6 Å². The highest BCUT2D eigenvalue weighted by atomic mass is 16.1. The van der Waals surface area contributed by atoms with Gasteiger partial charge in [-0.3, -0.25) is 4.79 Å². The monoisotopic (exact) mass is 222 g/mol. The zero-order valence-corrected chi connectivity index (χ0v) is 9.81. The molecule has 2 rings (SSSR count). The molecular weight excluding hydrogens is 204 g/mol. The molecule has 0 amide bonds. The maximum Gasteiger partial charge on any atom is 0.293 e. The fourth-order valence-electron chi connectivity index (χ4n) is 2.03. The van der Waals surface area contributed by atoms with Gasteiger partial charge >= 0.3 is 0 Å². The average Bonchev–Trinajstić information content (AvgIpc) is 2.29. The topological polar surface area (TPSA) is 50.2 Å². The summed E-state index contributed by atoms with van der Waals surface area (Å²) in [6.07, 6.45) is 3.43. The number of hydrogen-bond donors (Lipinski definition) is 1. The molecule has 2 heterocycles. The Labute approximate surface area is 95.1 Å². The van der Waals surface area contributed by atoms with Crippen LogP contribution in [-0.4, -0.2) is 35.2 Å². The van der Waals surface area contributed by atoms with Crippen LogP contribution in [0.25, 0.3) is 0 Å². The molecule has 1 fully saturated rings.